The van der Waals surface area contributed by atoms with E-state index >= 15 is 0 Å². The van der Waals surface area contributed by atoms with Crippen LogP contribution in [-0.4, -0.2) is 42.9 Å². The molecule has 0 N–H and O–H groups in total. The highest BCUT2D eigenvalue weighted by molar-refractivity contribution is 7.91. The number of aromatic nitrogens is 1. The van der Waals surface area contributed by atoms with E-state index in [1.165, 1.54) is 10.5 Å². The molecule has 0 spiro atoms. The summed E-state index contributed by atoms with van der Waals surface area (Å²) in [5, 5.41) is 0.686. The van der Waals surface area contributed by atoms with Gasteiger partial charge in [-0.2, -0.15) is 4.31 Å². The number of esters is 1. The molecular weight excluding hydrogens is 288 g/mol. The summed E-state index contributed by atoms with van der Waals surface area (Å²) in [4.78, 5) is 15.5. The Bertz CT molecular complexity index is 563. The van der Waals surface area contributed by atoms with Crippen LogP contribution in [0.1, 0.15) is 24.8 Å². The van der Waals surface area contributed by atoms with Crippen LogP contribution in [0, 0.1) is 6.92 Å². The van der Waals surface area contributed by atoms with Crippen LogP contribution in [0.15, 0.2) is 10.4 Å². The van der Waals surface area contributed by atoms with E-state index in [2.05, 4.69) is 4.98 Å². The fraction of sp³-hybridized carbons (Fsp3) is 0.636. The molecule has 0 aliphatic heterocycles. The third kappa shape index (κ3) is 3.31. The van der Waals surface area contributed by atoms with Crippen molar-refractivity contribution in [2.75, 3.05) is 13.2 Å². The van der Waals surface area contributed by atoms with Crippen LogP contribution in [0.3, 0.4) is 0 Å². The van der Waals surface area contributed by atoms with E-state index in [9.17, 15) is 13.2 Å². The molecule has 1 saturated carbocycles. The van der Waals surface area contributed by atoms with Crippen LogP contribution in [0.25, 0.3) is 0 Å². The molecule has 1 aromatic rings. The Hall–Kier alpha value is -0.990. The van der Waals surface area contributed by atoms with E-state index in [1.807, 2.05) is 0 Å². The number of sulfonamides is 1. The zero-order valence-corrected chi connectivity index (χ0v) is 12.5. The van der Waals surface area contributed by atoms with Gasteiger partial charge in [-0.1, -0.05) is 0 Å². The van der Waals surface area contributed by atoms with E-state index in [-0.39, 0.29) is 23.4 Å². The second-order valence-electron chi connectivity index (χ2n) is 4.28. The van der Waals surface area contributed by atoms with Gasteiger partial charge in [0.15, 0.2) is 4.21 Å². The number of rotatable bonds is 6. The lowest BCUT2D eigenvalue weighted by Gasteiger charge is -2.19. The second-order valence-corrected chi connectivity index (χ2v) is 7.64. The van der Waals surface area contributed by atoms with Crippen molar-refractivity contribution < 1.29 is 17.9 Å². The first kappa shape index (κ1) is 14.4. The predicted molar refractivity (Wildman–Crippen MR) is 70.4 cm³/mol. The Kier molecular flexibility index (Phi) is 4.22. The summed E-state index contributed by atoms with van der Waals surface area (Å²) in [6, 6.07) is -0.0863. The minimum Gasteiger partial charge on any atom is -0.465 e. The highest BCUT2D eigenvalue weighted by Crippen LogP contribution is 2.33. The molecule has 8 heteroatoms. The lowest BCUT2D eigenvalue weighted by Crippen LogP contribution is -2.37. The Morgan fingerprint density at radius 1 is 1.58 bits per heavy atom. The zero-order valence-electron chi connectivity index (χ0n) is 10.8. The number of thiazole rings is 1. The summed E-state index contributed by atoms with van der Waals surface area (Å²) in [6.07, 6.45) is 2.92. The third-order valence-corrected chi connectivity index (χ3v) is 5.96. The molecular formula is C11H16N2O4S2. The van der Waals surface area contributed by atoms with E-state index < -0.39 is 16.0 Å². The van der Waals surface area contributed by atoms with Crippen LogP contribution < -0.4 is 0 Å². The molecule has 0 radical (unpaired) electrons. The lowest BCUT2D eigenvalue weighted by atomic mass is 10.6. The highest BCUT2D eigenvalue weighted by atomic mass is 32.2. The van der Waals surface area contributed by atoms with Gasteiger partial charge in [0.05, 0.1) is 17.8 Å². The molecule has 0 unspecified atom stereocenters. The maximum absolute atomic E-state index is 12.5. The van der Waals surface area contributed by atoms with Crippen LogP contribution in [0.4, 0.5) is 0 Å². The predicted octanol–water partition coefficient (Wildman–Crippen LogP) is 1.17. The number of carbonyl (C=O) groups excluding carboxylic acids is 1. The molecule has 106 valence electrons. The molecule has 2 rings (SSSR count). The van der Waals surface area contributed by atoms with Crippen LogP contribution >= 0.6 is 11.3 Å². The number of aryl methyl sites for hydroxylation is 1. The van der Waals surface area contributed by atoms with E-state index in [4.69, 9.17) is 4.74 Å². The minimum absolute atomic E-state index is 0.0863. The molecule has 0 bridgehead atoms. The molecule has 0 atom stereocenters. The van der Waals surface area contributed by atoms with Crippen molar-refractivity contribution in [2.24, 2.45) is 0 Å². The molecule has 0 saturated heterocycles. The average molecular weight is 304 g/mol. The summed E-state index contributed by atoms with van der Waals surface area (Å²) in [5.41, 5.74) is 0. The Balaban J connectivity index is 2.21. The normalized spacial score (nSPS) is 15.7. The van der Waals surface area contributed by atoms with Gasteiger partial charge in [-0.25, -0.2) is 13.4 Å². The van der Waals surface area contributed by atoms with Crippen molar-refractivity contribution >= 4 is 27.3 Å². The fourth-order valence-electron chi connectivity index (χ4n) is 1.68. The average Bonchev–Trinajstić information content (AvgIpc) is 3.07. The van der Waals surface area contributed by atoms with Gasteiger partial charge in [-0.15, -0.1) is 11.3 Å². The molecule has 1 aliphatic rings. The van der Waals surface area contributed by atoms with Gasteiger partial charge >= 0.3 is 5.97 Å². The topological polar surface area (TPSA) is 76.6 Å². The largest absolute Gasteiger partial charge is 0.465 e. The molecule has 1 heterocycles. The first-order valence-corrected chi connectivity index (χ1v) is 8.30. The van der Waals surface area contributed by atoms with E-state index in [1.54, 1.807) is 13.8 Å². The summed E-state index contributed by atoms with van der Waals surface area (Å²) < 4.78 is 31.2. The highest BCUT2D eigenvalue weighted by Gasteiger charge is 2.40. The molecule has 1 aromatic heterocycles. The quantitative estimate of drug-likeness (QED) is 0.737. The van der Waals surface area contributed by atoms with Crippen molar-refractivity contribution in [3.63, 3.8) is 0 Å². The maximum atomic E-state index is 12.5. The Morgan fingerprint density at radius 2 is 2.26 bits per heavy atom. The lowest BCUT2D eigenvalue weighted by molar-refractivity contribution is -0.143. The molecule has 0 amide bonds. The maximum Gasteiger partial charge on any atom is 0.321 e. The minimum atomic E-state index is -3.64. The SMILES string of the molecule is CCOC(=O)CN(C1CC1)S(=O)(=O)c1cnc(C)s1. The van der Waals surface area contributed by atoms with Crippen molar-refractivity contribution in [3.05, 3.63) is 11.2 Å². The number of nitrogens with zero attached hydrogens (tertiary/aromatic N) is 2. The number of ether oxygens (including phenoxy) is 1. The number of hydrogen-bond donors (Lipinski definition) is 0. The molecule has 1 fully saturated rings. The fourth-order valence-corrected chi connectivity index (χ4v) is 4.55. The summed E-state index contributed by atoms with van der Waals surface area (Å²) in [7, 11) is -3.64. The van der Waals surface area contributed by atoms with Crippen molar-refractivity contribution in [2.45, 2.75) is 36.9 Å². The third-order valence-electron chi connectivity index (χ3n) is 2.71. The van der Waals surface area contributed by atoms with Crippen LogP contribution in [-0.2, 0) is 19.6 Å². The first-order valence-electron chi connectivity index (χ1n) is 6.05. The first-order chi connectivity index (χ1) is 8.95. The molecule has 1 aliphatic carbocycles. The van der Waals surface area contributed by atoms with E-state index in [0.29, 0.717) is 5.01 Å². The van der Waals surface area contributed by atoms with Crippen LogP contribution in [0.2, 0.25) is 0 Å². The van der Waals surface area contributed by atoms with Gasteiger partial charge in [-0.05, 0) is 26.7 Å². The molecule has 19 heavy (non-hydrogen) atoms. The Labute approximate surface area is 116 Å². The number of carbonyl (C=O) groups is 1. The van der Waals surface area contributed by atoms with Gasteiger partial charge < -0.3 is 4.74 Å². The standard InChI is InChI=1S/C11H16N2O4S2/c1-3-17-10(14)7-13(9-4-5-9)19(15,16)11-6-12-8(2)18-11/h6,9H,3-5,7H2,1-2H3. The Morgan fingerprint density at radius 3 is 2.74 bits per heavy atom. The number of hydrogen-bond acceptors (Lipinski definition) is 6. The summed E-state index contributed by atoms with van der Waals surface area (Å²) in [5.74, 6) is -0.515. The van der Waals surface area contributed by atoms with Crippen LogP contribution in [0.5, 0.6) is 0 Å². The van der Waals surface area contributed by atoms with Gasteiger partial charge in [-0.3, -0.25) is 4.79 Å². The van der Waals surface area contributed by atoms with Crippen molar-refractivity contribution in [1.29, 1.82) is 0 Å². The zero-order chi connectivity index (χ0) is 14.0. The smallest absolute Gasteiger partial charge is 0.321 e. The second kappa shape index (κ2) is 5.56. The van der Waals surface area contributed by atoms with Gasteiger partial charge in [0.2, 0.25) is 0 Å². The summed E-state index contributed by atoms with van der Waals surface area (Å²) in [6.45, 7) is 3.46. The van der Waals surface area contributed by atoms with Gasteiger partial charge in [0.1, 0.15) is 6.54 Å². The molecule has 0 aromatic carbocycles. The monoisotopic (exact) mass is 304 g/mol. The van der Waals surface area contributed by atoms with E-state index in [0.717, 1.165) is 24.2 Å². The van der Waals surface area contributed by atoms with Gasteiger partial charge in [0.25, 0.3) is 10.0 Å². The van der Waals surface area contributed by atoms with Crippen molar-refractivity contribution in [3.8, 4) is 0 Å². The summed E-state index contributed by atoms with van der Waals surface area (Å²) >= 11 is 1.12. The molecule has 6 nitrogen and oxygen atoms in total. The van der Waals surface area contributed by atoms with Gasteiger partial charge in [0, 0.05) is 6.04 Å². The van der Waals surface area contributed by atoms with Crippen molar-refractivity contribution in [1.82, 2.24) is 9.29 Å².